The fourth-order valence-electron chi connectivity index (χ4n) is 3.60. The predicted octanol–water partition coefficient (Wildman–Crippen LogP) is 2.64. The maximum atomic E-state index is 12.4. The van der Waals surface area contributed by atoms with E-state index in [1.165, 1.54) is 0 Å². The molecule has 0 atom stereocenters. The Labute approximate surface area is 171 Å². The van der Waals surface area contributed by atoms with E-state index in [2.05, 4.69) is 20.6 Å². The normalized spacial score (nSPS) is 17.2. The molecule has 0 radical (unpaired) electrons. The van der Waals surface area contributed by atoms with E-state index in [4.69, 9.17) is 0 Å². The molecule has 1 N–H and O–H groups in total. The van der Waals surface area contributed by atoms with Gasteiger partial charge >= 0.3 is 0 Å². The quantitative estimate of drug-likeness (QED) is 0.793. The van der Waals surface area contributed by atoms with Gasteiger partial charge in [-0.2, -0.15) is 0 Å². The highest BCUT2D eigenvalue weighted by atomic mass is 32.2. The molecule has 29 heavy (non-hydrogen) atoms. The van der Waals surface area contributed by atoms with E-state index in [0.717, 1.165) is 34.4 Å². The average Bonchev–Trinajstić information content (AvgIpc) is 3.40. The van der Waals surface area contributed by atoms with Crippen molar-refractivity contribution in [3.05, 3.63) is 70.6 Å². The summed E-state index contributed by atoms with van der Waals surface area (Å²) in [6.07, 6.45) is 0. The van der Waals surface area contributed by atoms with Crippen molar-refractivity contribution in [2.24, 2.45) is 4.99 Å². The van der Waals surface area contributed by atoms with Crippen LogP contribution in [-0.2, 0) is 4.79 Å². The zero-order valence-corrected chi connectivity index (χ0v) is 16.1. The van der Waals surface area contributed by atoms with E-state index in [-0.39, 0.29) is 6.54 Å². The van der Waals surface area contributed by atoms with Gasteiger partial charge in [0.2, 0.25) is 5.91 Å². The Morgan fingerprint density at radius 2 is 1.72 bits per heavy atom. The number of anilines is 1. The Morgan fingerprint density at radius 1 is 1.03 bits per heavy atom. The van der Waals surface area contributed by atoms with Gasteiger partial charge in [-0.15, -0.1) is 0 Å². The summed E-state index contributed by atoms with van der Waals surface area (Å²) in [7, 11) is 0. The molecular weight excluding hydrogens is 388 g/mol. The highest BCUT2D eigenvalue weighted by Gasteiger charge is 2.36. The summed E-state index contributed by atoms with van der Waals surface area (Å²) in [5.41, 5.74) is 3.43. The zero-order valence-electron chi connectivity index (χ0n) is 15.3. The Kier molecular flexibility index (Phi) is 4.21. The smallest absolute Gasteiger partial charge is 0.262 e. The second kappa shape index (κ2) is 6.89. The van der Waals surface area contributed by atoms with E-state index in [9.17, 15) is 14.4 Å². The lowest BCUT2D eigenvalue weighted by Gasteiger charge is -2.17. The predicted molar refractivity (Wildman–Crippen MR) is 111 cm³/mol. The third-order valence-electron chi connectivity index (χ3n) is 5.01. The monoisotopic (exact) mass is 404 g/mol. The van der Waals surface area contributed by atoms with E-state index in [1.54, 1.807) is 36.0 Å². The molecule has 0 spiro atoms. The second-order valence-corrected chi connectivity index (χ2v) is 7.64. The van der Waals surface area contributed by atoms with Gasteiger partial charge in [0.1, 0.15) is 6.54 Å². The summed E-state index contributed by atoms with van der Waals surface area (Å²) in [6, 6.07) is 14.1. The lowest BCUT2D eigenvalue weighted by molar-refractivity contribution is -0.116. The number of fused-ring (bicyclic) bond motifs is 2. The van der Waals surface area contributed by atoms with Crippen LogP contribution in [0.4, 0.5) is 5.69 Å². The van der Waals surface area contributed by atoms with Crippen molar-refractivity contribution < 1.29 is 14.4 Å². The largest absolute Gasteiger partial charge is 0.325 e. The number of amidine groups is 1. The van der Waals surface area contributed by atoms with Crippen molar-refractivity contribution in [3.8, 4) is 0 Å². The third kappa shape index (κ3) is 3.01. The summed E-state index contributed by atoms with van der Waals surface area (Å²) < 4.78 is 0. The first-order chi connectivity index (χ1) is 14.1. The molecule has 0 bridgehead atoms. The number of carbonyl (C=O) groups excluding carboxylic acids is 3. The van der Waals surface area contributed by atoms with Gasteiger partial charge in [0.25, 0.3) is 11.8 Å². The number of benzene rings is 2. The number of amides is 3. The average molecular weight is 404 g/mol. The number of hydrogen-bond acceptors (Lipinski definition) is 6. The molecular formula is C21H16N4O3S. The van der Waals surface area contributed by atoms with Crippen molar-refractivity contribution in [2.75, 3.05) is 25.0 Å². The summed E-state index contributed by atoms with van der Waals surface area (Å²) in [5.74, 6) is -1.30. The molecule has 0 saturated heterocycles. The topological polar surface area (TPSA) is 82.1 Å². The van der Waals surface area contributed by atoms with Gasteiger partial charge in [0, 0.05) is 17.6 Å². The molecule has 144 valence electrons. The Morgan fingerprint density at radius 3 is 2.41 bits per heavy atom. The summed E-state index contributed by atoms with van der Waals surface area (Å²) in [5, 5.41) is 5.86. The van der Waals surface area contributed by atoms with E-state index >= 15 is 0 Å². The standard InChI is InChI=1S/C21H16N4O3S/c26-18(11-25-19(27)15-3-1-2-4-16(15)20(25)28)23-14-7-5-13(6-8-14)17-12-29-21-22-9-10-24(17)21/h1-8,12H,9-11H2,(H,23,26). The highest BCUT2D eigenvalue weighted by Crippen LogP contribution is 2.35. The summed E-state index contributed by atoms with van der Waals surface area (Å²) in [4.78, 5) is 44.8. The molecule has 2 aromatic rings. The molecule has 0 fully saturated rings. The minimum Gasteiger partial charge on any atom is -0.325 e. The second-order valence-electron chi connectivity index (χ2n) is 6.80. The lowest BCUT2D eigenvalue weighted by atomic mass is 10.1. The van der Waals surface area contributed by atoms with Crippen LogP contribution in [0.15, 0.2) is 58.9 Å². The molecule has 5 rings (SSSR count). The minimum atomic E-state index is -0.440. The number of nitrogens with zero attached hydrogens (tertiary/aromatic N) is 3. The number of hydrogen-bond donors (Lipinski definition) is 1. The van der Waals surface area contributed by atoms with Crippen LogP contribution in [0.1, 0.15) is 26.3 Å². The van der Waals surface area contributed by atoms with Crippen LogP contribution < -0.4 is 5.32 Å². The molecule has 0 unspecified atom stereocenters. The molecule has 3 heterocycles. The van der Waals surface area contributed by atoms with Crippen molar-refractivity contribution in [2.45, 2.75) is 0 Å². The molecule has 0 aliphatic carbocycles. The first-order valence-corrected chi connectivity index (χ1v) is 10.0. The molecule has 8 heteroatoms. The van der Waals surface area contributed by atoms with E-state index < -0.39 is 17.7 Å². The fourth-order valence-corrected chi connectivity index (χ4v) is 4.56. The van der Waals surface area contributed by atoms with Gasteiger partial charge in [0.05, 0.1) is 23.4 Å². The van der Waals surface area contributed by atoms with Crippen LogP contribution in [0, 0.1) is 0 Å². The number of thioether (sulfide) groups is 1. The number of aliphatic imine (C=N–C) groups is 1. The molecule has 7 nitrogen and oxygen atoms in total. The molecule has 3 aliphatic heterocycles. The highest BCUT2D eigenvalue weighted by molar-refractivity contribution is 8.16. The number of rotatable bonds is 4. The van der Waals surface area contributed by atoms with Crippen LogP contribution in [-0.4, -0.2) is 52.3 Å². The Bertz CT molecular complexity index is 1070. The molecule has 2 aromatic carbocycles. The third-order valence-corrected chi connectivity index (χ3v) is 5.91. The van der Waals surface area contributed by atoms with E-state index in [1.807, 2.05) is 24.3 Å². The van der Waals surface area contributed by atoms with Crippen molar-refractivity contribution >= 4 is 46.0 Å². The minimum absolute atomic E-state index is 0.316. The maximum absolute atomic E-state index is 12.4. The molecule has 3 aliphatic rings. The van der Waals surface area contributed by atoms with Crippen LogP contribution in [0.3, 0.4) is 0 Å². The zero-order chi connectivity index (χ0) is 20.0. The van der Waals surface area contributed by atoms with Gasteiger partial charge < -0.3 is 10.2 Å². The first-order valence-electron chi connectivity index (χ1n) is 9.16. The van der Waals surface area contributed by atoms with E-state index in [0.29, 0.717) is 16.8 Å². The SMILES string of the molecule is O=C(CN1C(=O)c2ccccc2C1=O)Nc1ccc(C2=CSC3=NCCN23)cc1. The number of nitrogens with one attached hydrogen (secondary N) is 1. The molecule has 0 saturated carbocycles. The van der Waals surface area contributed by atoms with Gasteiger partial charge in [-0.25, -0.2) is 0 Å². The number of imide groups is 1. The molecule has 3 amide bonds. The fraction of sp³-hybridized carbons (Fsp3) is 0.143. The first kappa shape index (κ1) is 17.7. The van der Waals surface area contributed by atoms with Gasteiger partial charge in [-0.05, 0) is 29.8 Å². The van der Waals surface area contributed by atoms with Crippen molar-refractivity contribution in [1.29, 1.82) is 0 Å². The van der Waals surface area contributed by atoms with Crippen LogP contribution in [0.25, 0.3) is 5.70 Å². The van der Waals surface area contributed by atoms with Crippen molar-refractivity contribution in [3.63, 3.8) is 0 Å². The van der Waals surface area contributed by atoms with Crippen LogP contribution >= 0.6 is 11.8 Å². The van der Waals surface area contributed by atoms with Gasteiger partial charge in [0.15, 0.2) is 5.17 Å². The summed E-state index contributed by atoms with van der Waals surface area (Å²) >= 11 is 1.62. The van der Waals surface area contributed by atoms with Crippen LogP contribution in [0.5, 0.6) is 0 Å². The Balaban J connectivity index is 1.25. The lowest BCUT2D eigenvalue weighted by Crippen LogP contribution is -2.37. The van der Waals surface area contributed by atoms with Gasteiger partial charge in [-0.1, -0.05) is 36.0 Å². The maximum Gasteiger partial charge on any atom is 0.262 e. The van der Waals surface area contributed by atoms with Crippen molar-refractivity contribution in [1.82, 2.24) is 9.80 Å². The van der Waals surface area contributed by atoms with Crippen LogP contribution in [0.2, 0.25) is 0 Å². The summed E-state index contributed by atoms with van der Waals surface area (Å²) in [6.45, 7) is 1.38. The molecule has 0 aromatic heterocycles. The number of carbonyl (C=O) groups is 3. The van der Waals surface area contributed by atoms with Gasteiger partial charge in [-0.3, -0.25) is 24.3 Å². The Hall–Kier alpha value is -3.39.